The molecule has 2 N–H and O–H groups in total. The average molecular weight is 226 g/mol. The predicted molar refractivity (Wildman–Crippen MR) is 71.5 cm³/mol. The van der Waals surface area contributed by atoms with Crippen molar-refractivity contribution >= 4 is 0 Å². The van der Waals surface area contributed by atoms with Crippen LogP contribution in [0, 0.1) is 11.3 Å². The summed E-state index contributed by atoms with van der Waals surface area (Å²) in [6.45, 7) is 12.5. The van der Waals surface area contributed by atoms with Gasteiger partial charge >= 0.3 is 0 Å². The zero-order valence-electron chi connectivity index (χ0n) is 11.6. The summed E-state index contributed by atoms with van der Waals surface area (Å²) in [5, 5.41) is 0. The van der Waals surface area contributed by atoms with Crippen LogP contribution in [0.3, 0.4) is 0 Å². The van der Waals surface area contributed by atoms with E-state index in [2.05, 4.69) is 32.6 Å². The highest BCUT2D eigenvalue weighted by atomic mass is 15.1. The molecule has 0 heterocycles. The van der Waals surface area contributed by atoms with E-state index in [0.29, 0.717) is 11.5 Å². The lowest BCUT2D eigenvalue weighted by Gasteiger charge is -2.29. The molecule has 0 bridgehead atoms. The second kappa shape index (κ2) is 6.02. The number of hydrogen-bond donors (Lipinski definition) is 1. The van der Waals surface area contributed by atoms with Gasteiger partial charge in [0.05, 0.1) is 0 Å². The number of rotatable bonds is 8. The Morgan fingerprint density at radius 1 is 1.31 bits per heavy atom. The van der Waals surface area contributed by atoms with Crippen molar-refractivity contribution in [3.05, 3.63) is 0 Å². The Morgan fingerprint density at radius 2 is 1.94 bits per heavy atom. The van der Waals surface area contributed by atoms with Crippen molar-refractivity contribution in [1.29, 1.82) is 0 Å². The Kier molecular flexibility index (Phi) is 5.26. The van der Waals surface area contributed by atoms with E-state index in [4.69, 9.17) is 5.73 Å². The Bertz CT molecular complexity index is 195. The van der Waals surface area contributed by atoms with Gasteiger partial charge in [-0.1, -0.05) is 13.8 Å². The first-order chi connectivity index (χ1) is 7.44. The van der Waals surface area contributed by atoms with Gasteiger partial charge in [-0.15, -0.1) is 0 Å². The number of hydrogen-bond acceptors (Lipinski definition) is 2. The predicted octanol–water partition coefficient (Wildman–Crippen LogP) is 2.87. The summed E-state index contributed by atoms with van der Waals surface area (Å²) in [5.74, 6) is 1.00. The van der Waals surface area contributed by atoms with Crippen LogP contribution in [-0.2, 0) is 0 Å². The SMILES string of the molecule is CC(C)N(CCCC(C)(C)CN)CC1CC1. The highest BCUT2D eigenvalue weighted by Crippen LogP contribution is 2.30. The first-order valence-corrected chi connectivity index (χ1v) is 6.89. The highest BCUT2D eigenvalue weighted by molar-refractivity contribution is 4.79. The molecular formula is C14H30N2. The van der Waals surface area contributed by atoms with Crippen molar-refractivity contribution in [2.24, 2.45) is 17.1 Å². The van der Waals surface area contributed by atoms with Crippen molar-refractivity contribution in [1.82, 2.24) is 4.90 Å². The summed E-state index contributed by atoms with van der Waals surface area (Å²) in [7, 11) is 0. The topological polar surface area (TPSA) is 29.3 Å². The van der Waals surface area contributed by atoms with Crippen LogP contribution in [0.25, 0.3) is 0 Å². The second-order valence-corrected chi connectivity index (χ2v) is 6.50. The minimum absolute atomic E-state index is 0.322. The number of nitrogens with two attached hydrogens (primary N) is 1. The third-order valence-corrected chi connectivity index (χ3v) is 3.77. The van der Waals surface area contributed by atoms with Gasteiger partial charge in [0.15, 0.2) is 0 Å². The summed E-state index contributed by atoms with van der Waals surface area (Å²) in [4.78, 5) is 2.64. The monoisotopic (exact) mass is 226 g/mol. The molecule has 0 atom stereocenters. The summed E-state index contributed by atoms with van der Waals surface area (Å²) >= 11 is 0. The third kappa shape index (κ3) is 5.31. The molecule has 1 aliphatic carbocycles. The van der Waals surface area contributed by atoms with Gasteiger partial charge in [0.1, 0.15) is 0 Å². The molecule has 0 aromatic heterocycles. The fourth-order valence-electron chi connectivity index (χ4n) is 2.06. The minimum atomic E-state index is 0.322. The standard InChI is InChI=1S/C14H30N2/c1-12(2)16(10-13-6-7-13)9-5-8-14(3,4)11-15/h12-13H,5-11,15H2,1-4H3. The lowest BCUT2D eigenvalue weighted by Crippen LogP contribution is -2.34. The Labute approximate surface area is 102 Å². The van der Waals surface area contributed by atoms with Crippen molar-refractivity contribution in [3.63, 3.8) is 0 Å². The summed E-state index contributed by atoms with van der Waals surface area (Å²) in [6.07, 6.45) is 5.45. The maximum absolute atomic E-state index is 5.76. The molecule has 0 spiro atoms. The van der Waals surface area contributed by atoms with E-state index in [-0.39, 0.29) is 0 Å². The van der Waals surface area contributed by atoms with Crippen molar-refractivity contribution in [2.45, 2.75) is 59.4 Å². The number of nitrogens with zero attached hydrogens (tertiary/aromatic N) is 1. The Hall–Kier alpha value is -0.0800. The van der Waals surface area contributed by atoms with Crippen LogP contribution in [0.1, 0.15) is 53.4 Å². The molecule has 2 nitrogen and oxygen atoms in total. The van der Waals surface area contributed by atoms with Crippen LogP contribution in [0.15, 0.2) is 0 Å². The van der Waals surface area contributed by atoms with Crippen LogP contribution in [0.5, 0.6) is 0 Å². The smallest absolute Gasteiger partial charge is 0.00387 e. The fraction of sp³-hybridized carbons (Fsp3) is 1.00. The molecule has 0 radical (unpaired) electrons. The van der Waals surface area contributed by atoms with Crippen LogP contribution < -0.4 is 5.73 Å². The van der Waals surface area contributed by atoms with Crippen LogP contribution >= 0.6 is 0 Å². The molecule has 1 aliphatic rings. The van der Waals surface area contributed by atoms with Crippen molar-refractivity contribution < 1.29 is 0 Å². The van der Waals surface area contributed by atoms with Gasteiger partial charge < -0.3 is 10.6 Å². The zero-order chi connectivity index (χ0) is 12.2. The van der Waals surface area contributed by atoms with E-state index in [1.807, 2.05) is 0 Å². The molecule has 2 heteroatoms. The lowest BCUT2D eigenvalue weighted by molar-refractivity contribution is 0.195. The van der Waals surface area contributed by atoms with Crippen LogP contribution in [0.2, 0.25) is 0 Å². The van der Waals surface area contributed by atoms with E-state index in [1.54, 1.807) is 0 Å². The maximum atomic E-state index is 5.76. The molecular weight excluding hydrogens is 196 g/mol. The second-order valence-electron chi connectivity index (χ2n) is 6.50. The quantitative estimate of drug-likeness (QED) is 0.689. The molecule has 0 aliphatic heterocycles. The van der Waals surface area contributed by atoms with E-state index in [1.165, 1.54) is 38.8 Å². The van der Waals surface area contributed by atoms with Crippen molar-refractivity contribution in [3.8, 4) is 0 Å². The summed E-state index contributed by atoms with van der Waals surface area (Å²) < 4.78 is 0. The van der Waals surface area contributed by atoms with Gasteiger partial charge in [0.25, 0.3) is 0 Å². The van der Waals surface area contributed by atoms with Gasteiger partial charge in [-0.3, -0.25) is 0 Å². The molecule has 0 unspecified atom stereocenters. The van der Waals surface area contributed by atoms with Gasteiger partial charge in [0.2, 0.25) is 0 Å². The fourth-order valence-corrected chi connectivity index (χ4v) is 2.06. The van der Waals surface area contributed by atoms with Gasteiger partial charge in [-0.2, -0.15) is 0 Å². The van der Waals surface area contributed by atoms with Crippen LogP contribution in [0.4, 0.5) is 0 Å². The molecule has 0 aromatic carbocycles. The Balaban J connectivity index is 2.21. The summed E-state index contributed by atoms with van der Waals surface area (Å²) in [6, 6.07) is 0.696. The maximum Gasteiger partial charge on any atom is 0.00387 e. The first kappa shape index (κ1) is 14.0. The molecule has 0 saturated heterocycles. The van der Waals surface area contributed by atoms with Gasteiger partial charge in [-0.25, -0.2) is 0 Å². The Morgan fingerprint density at radius 3 is 2.38 bits per heavy atom. The molecule has 1 fully saturated rings. The first-order valence-electron chi connectivity index (χ1n) is 6.89. The van der Waals surface area contributed by atoms with Crippen molar-refractivity contribution in [2.75, 3.05) is 19.6 Å². The zero-order valence-corrected chi connectivity index (χ0v) is 11.6. The van der Waals surface area contributed by atoms with Gasteiger partial charge in [0, 0.05) is 12.6 Å². The lowest BCUT2D eigenvalue weighted by atomic mass is 9.88. The molecule has 1 rings (SSSR count). The third-order valence-electron chi connectivity index (χ3n) is 3.77. The average Bonchev–Trinajstić information content (AvgIpc) is 3.00. The molecule has 0 amide bonds. The van der Waals surface area contributed by atoms with E-state index in [9.17, 15) is 0 Å². The van der Waals surface area contributed by atoms with E-state index < -0.39 is 0 Å². The van der Waals surface area contributed by atoms with E-state index in [0.717, 1.165) is 12.5 Å². The summed E-state index contributed by atoms with van der Waals surface area (Å²) in [5.41, 5.74) is 6.08. The molecule has 16 heavy (non-hydrogen) atoms. The molecule has 0 aromatic rings. The van der Waals surface area contributed by atoms with E-state index >= 15 is 0 Å². The molecule has 1 saturated carbocycles. The normalized spacial score (nSPS) is 17.4. The molecule has 96 valence electrons. The minimum Gasteiger partial charge on any atom is -0.330 e. The largest absolute Gasteiger partial charge is 0.330 e. The van der Waals surface area contributed by atoms with Gasteiger partial charge in [-0.05, 0) is 64.0 Å². The van der Waals surface area contributed by atoms with Crippen LogP contribution in [-0.4, -0.2) is 30.6 Å². The highest BCUT2D eigenvalue weighted by Gasteiger charge is 2.25.